The molecule has 0 aliphatic carbocycles. The summed E-state index contributed by atoms with van der Waals surface area (Å²) < 4.78 is 11.3. The number of imide groups is 1. The van der Waals surface area contributed by atoms with E-state index in [2.05, 4.69) is 0 Å². The van der Waals surface area contributed by atoms with Crippen molar-refractivity contribution in [2.24, 2.45) is 5.92 Å². The second kappa shape index (κ2) is 8.70. The summed E-state index contributed by atoms with van der Waals surface area (Å²) in [4.78, 5) is 35.4. The standard InChI is InChI=1S/C29H24N2O5/c1-34-23-17-9-15-21(26(23)35-2)25-24-27(36-31(25)19-12-4-3-5-13-19)29(33)30(28(24)32)22-16-8-11-18-10-6-7-14-20(18)22/h3-17,24-25,27H,1-2H3/t24-,25-,27+/m1/s1. The third-order valence-electron chi connectivity index (χ3n) is 6.89. The van der Waals surface area contributed by atoms with Crippen LogP contribution in [0.25, 0.3) is 10.8 Å². The number of fused-ring (bicyclic) bond motifs is 2. The number of para-hydroxylation sites is 2. The van der Waals surface area contributed by atoms with Gasteiger partial charge in [0, 0.05) is 10.9 Å². The van der Waals surface area contributed by atoms with Gasteiger partial charge in [0.15, 0.2) is 17.6 Å². The SMILES string of the molecule is COc1cccc([C@@H]2[C@H]3C(=O)N(c4cccc5ccccc45)C(=O)[C@H]3ON2c2ccccc2)c1OC. The maximum atomic E-state index is 14.1. The van der Waals surface area contributed by atoms with E-state index in [0.29, 0.717) is 22.7 Å². The molecule has 0 spiro atoms. The molecule has 0 unspecified atom stereocenters. The topological polar surface area (TPSA) is 68.3 Å². The third-order valence-corrected chi connectivity index (χ3v) is 6.89. The van der Waals surface area contributed by atoms with Crippen molar-refractivity contribution in [1.82, 2.24) is 0 Å². The number of ether oxygens (including phenoxy) is 2. The van der Waals surface area contributed by atoms with Gasteiger partial charge >= 0.3 is 0 Å². The molecular weight excluding hydrogens is 456 g/mol. The molecule has 0 radical (unpaired) electrons. The van der Waals surface area contributed by atoms with E-state index in [1.165, 1.54) is 4.90 Å². The molecule has 2 aliphatic heterocycles. The highest BCUT2D eigenvalue weighted by molar-refractivity contribution is 6.26. The molecule has 2 amide bonds. The number of rotatable bonds is 5. The minimum absolute atomic E-state index is 0.311. The smallest absolute Gasteiger partial charge is 0.266 e. The predicted octanol–water partition coefficient (Wildman–Crippen LogP) is 4.91. The van der Waals surface area contributed by atoms with Gasteiger partial charge in [-0.1, -0.05) is 66.7 Å². The Morgan fingerprint density at radius 1 is 0.750 bits per heavy atom. The van der Waals surface area contributed by atoms with E-state index in [-0.39, 0.29) is 11.8 Å². The lowest BCUT2D eigenvalue weighted by molar-refractivity contribution is -0.126. The van der Waals surface area contributed by atoms with Gasteiger partial charge in [-0.15, -0.1) is 0 Å². The fourth-order valence-electron chi connectivity index (χ4n) is 5.31. The van der Waals surface area contributed by atoms with Crippen molar-refractivity contribution in [1.29, 1.82) is 0 Å². The molecule has 0 N–H and O–H groups in total. The van der Waals surface area contributed by atoms with Crippen LogP contribution < -0.4 is 19.4 Å². The van der Waals surface area contributed by atoms with Gasteiger partial charge in [0.25, 0.3) is 5.91 Å². The van der Waals surface area contributed by atoms with Crippen LogP contribution in [0.4, 0.5) is 11.4 Å². The lowest BCUT2D eigenvalue weighted by Gasteiger charge is -2.30. The summed E-state index contributed by atoms with van der Waals surface area (Å²) in [6.07, 6.45) is -0.974. The molecule has 4 aromatic rings. The van der Waals surface area contributed by atoms with E-state index in [0.717, 1.165) is 16.5 Å². The number of methoxy groups -OCH3 is 2. The molecule has 180 valence electrons. The van der Waals surface area contributed by atoms with Gasteiger partial charge in [0.2, 0.25) is 5.91 Å². The minimum atomic E-state index is -0.974. The van der Waals surface area contributed by atoms with Crippen LogP contribution in [0.5, 0.6) is 11.5 Å². The summed E-state index contributed by atoms with van der Waals surface area (Å²) in [5.74, 6) is -0.438. The first kappa shape index (κ1) is 22.1. The third kappa shape index (κ3) is 3.24. The van der Waals surface area contributed by atoms with E-state index >= 15 is 0 Å². The molecule has 2 heterocycles. The second-order valence-electron chi connectivity index (χ2n) is 8.75. The Hall–Kier alpha value is -4.36. The zero-order chi connectivity index (χ0) is 24.8. The number of hydrogen-bond acceptors (Lipinski definition) is 6. The Bertz CT molecular complexity index is 1470. The van der Waals surface area contributed by atoms with E-state index in [9.17, 15) is 9.59 Å². The maximum absolute atomic E-state index is 14.1. The number of amides is 2. The molecule has 7 nitrogen and oxygen atoms in total. The molecule has 2 fully saturated rings. The highest BCUT2D eigenvalue weighted by Crippen LogP contribution is 2.51. The molecule has 36 heavy (non-hydrogen) atoms. The van der Waals surface area contributed by atoms with Gasteiger partial charge in [-0.3, -0.25) is 14.4 Å². The van der Waals surface area contributed by atoms with E-state index < -0.39 is 18.1 Å². The number of anilines is 2. The lowest BCUT2D eigenvalue weighted by Crippen LogP contribution is -2.37. The molecular formula is C29H24N2O5. The van der Waals surface area contributed by atoms with Gasteiger partial charge in [-0.25, -0.2) is 9.96 Å². The monoisotopic (exact) mass is 480 g/mol. The fourth-order valence-corrected chi connectivity index (χ4v) is 5.31. The number of carbonyl (C=O) groups excluding carboxylic acids is 2. The van der Waals surface area contributed by atoms with Crippen LogP contribution in [0.3, 0.4) is 0 Å². The van der Waals surface area contributed by atoms with Crippen molar-refractivity contribution < 1.29 is 23.9 Å². The van der Waals surface area contributed by atoms with Crippen LogP contribution in [0.2, 0.25) is 0 Å². The highest BCUT2D eigenvalue weighted by atomic mass is 16.7. The van der Waals surface area contributed by atoms with E-state index in [1.54, 1.807) is 31.4 Å². The van der Waals surface area contributed by atoms with E-state index in [1.807, 2.05) is 78.9 Å². The van der Waals surface area contributed by atoms with Gasteiger partial charge in [0.1, 0.15) is 12.0 Å². The molecule has 0 bridgehead atoms. The summed E-state index contributed by atoms with van der Waals surface area (Å²) in [5.41, 5.74) is 2.00. The summed E-state index contributed by atoms with van der Waals surface area (Å²) in [5, 5.41) is 3.44. The average Bonchev–Trinajstić information content (AvgIpc) is 3.43. The molecule has 0 aromatic heterocycles. The Kier molecular flexibility index (Phi) is 5.34. The van der Waals surface area contributed by atoms with Crippen molar-refractivity contribution in [2.45, 2.75) is 12.1 Å². The summed E-state index contributed by atoms with van der Waals surface area (Å²) in [6.45, 7) is 0. The van der Waals surface area contributed by atoms with E-state index in [4.69, 9.17) is 14.3 Å². The zero-order valence-corrected chi connectivity index (χ0v) is 19.8. The summed E-state index contributed by atoms with van der Waals surface area (Å²) >= 11 is 0. The van der Waals surface area contributed by atoms with Crippen molar-refractivity contribution in [3.63, 3.8) is 0 Å². The number of hydrogen-bond donors (Lipinski definition) is 0. The van der Waals surface area contributed by atoms with Crippen LogP contribution in [-0.4, -0.2) is 32.1 Å². The normalized spacial score (nSPS) is 21.2. The number of carbonyl (C=O) groups is 2. The molecule has 4 aromatic carbocycles. The number of benzene rings is 4. The number of nitrogens with zero attached hydrogens (tertiary/aromatic N) is 2. The first-order valence-corrected chi connectivity index (χ1v) is 11.7. The highest BCUT2D eigenvalue weighted by Gasteiger charge is 2.61. The van der Waals surface area contributed by atoms with Crippen LogP contribution in [0.1, 0.15) is 11.6 Å². The summed E-state index contributed by atoms with van der Waals surface area (Å²) in [7, 11) is 3.13. The molecule has 6 rings (SSSR count). The quantitative estimate of drug-likeness (QED) is 0.378. The Morgan fingerprint density at radius 3 is 2.25 bits per heavy atom. The van der Waals surface area contributed by atoms with Crippen molar-refractivity contribution in [3.05, 3.63) is 96.6 Å². The van der Waals surface area contributed by atoms with Crippen LogP contribution in [-0.2, 0) is 14.4 Å². The van der Waals surface area contributed by atoms with Crippen LogP contribution in [0, 0.1) is 5.92 Å². The van der Waals surface area contributed by atoms with Gasteiger partial charge < -0.3 is 9.47 Å². The van der Waals surface area contributed by atoms with Crippen LogP contribution >= 0.6 is 0 Å². The molecule has 7 heteroatoms. The van der Waals surface area contributed by atoms with Crippen molar-refractivity contribution >= 4 is 34.0 Å². The largest absolute Gasteiger partial charge is 0.493 e. The Labute approximate surface area is 208 Å². The molecule has 3 atom stereocenters. The second-order valence-corrected chi connectivity index (χ2v) is 8.75. The lowest BCUT2D eigenvalue weighted by atomic mass is 9.89. The first-order chi connectivity index (χ1) is 17.6. The predicted molar refractivity (Wildman–Crippen MR) is 136 cm³/mol. The van der Waals surface area contributed by atoms with Crippen LogP contribution in [0.15, 0.2) is 91.0 Å². The molecule has 2 aliphatic rings. The number of hydroxylamine groups is 1. The Morgan fingerprint density at radius 2 is 1.47 bits per heavy atom. The molecule has 2 saturated heterocycles. The maximum Gasteiger partial charge on any atom is 0.266 e. The Balaban J connectivity index is 1.50. The first-order valence-electron chi connectivity index (χ1n) is 11.7. The zero-order valence-electron chi connectivity index (χ0n) is 19.8. The van der Waals surface area contributed by atoms with Gasteiger partial charge in [-0.2, -0.15) is 0 Å². The fraction of sp³-hybridized carbons (Fsp3) is 0.172. The van der Waals surface area contributed by atoms with Crippen molar-refractivity contribution in [3.8, 4) is 11.5 Å². The summed E-state index contributed by atoms with van der Waals surface area (Å²) in [6, 6.07) is 27.7. The molecule has 0 saturated carbocycles. The van der Waals surface area contributed by atoms with Gasteiger partial charge in [0.05, 0.1) is 25.6 Å². The van der Waals surface area contributed by atoms with Gasteiger partial charge in [-0.05, 0) is 29.7 Å². The average molecular weight is 481 g/mol. The van der Waals surface area contributed by atoms with Crippen molar-refractivity contribution in [2.75, 3.05) is 24.2 Å². The minimum Gasteiger partial charge on any atom is -0.493 e.